The van der Waals surface area contributed by atoms with Gasteiger partial charge >= 0.3 is 5.69 Å². The van der Waals surface area contributed by atoms with E-state index in [1.165, 1.54) is 91.5 Å². The van der Waals surface area contributed by atoms with Crippen LogP contribution in [0.1, 0.15) is 22.3 Å². The van der Waals surface area contributed by atoms with E-state index in [9.17, 15) is 25.0 Å². The Morgan fingerprint density at radius 3 is 0.900 bits per heavy atom. The number of hydrogen-bond donors (Lipinski definition) is 3. The van der Waals surface area contributed by atoms with E-state index < -0.39 is 4.92 Å². The van der Waals surface area contributed by atoms with Gasteiger partial charge in [0.2, 0.25) is 0 Å². The molecule has 0 radical (unpaired) electrons. The Hall–Kier alpha value is -9.85. The second-order valence-electron chi connectivity index (χ2n) is 22.6. The predicted molar refractivity (Wildman–Crippen MR) is 369 cm³/mol. The molecule has 0 aliphatic carbocycles. The number of H-pyrrole nitrogens is 1. The topological polar surface area (TPSA) is 198 Å². The van der Waals surface area contributed by atoms with Crippen LogP contribution in [0, 0.1) is 47.9 Å². The number of rotatable bonds is 10. The zero-order chi connectivity index (χ0) is 63.4. The molecule has 4 aliphatic rings. The van der Waals surface area contributed by atoms with Crippen LogP contribution < -0.4 is 51.0 Å². The molecule has 4 saturated heterocycles. The molecule has 19 nitrogen and oxygen atoms in total. The summed E-state index contributed by atoms with van der Waals surface area (Å²) >= 11 is 5.49. The van der Waals surface area contributed by atoms with Crippen molar-refractivity contribution in [1.82, 2.24) is 20.1 Å². The van der Waals surface area contributed by atoms with E-state index in [1.807, 2.05) is 36.4 Å². The number of nitro benzene ring substituents is 2. The minimum atomic E-state index is -0.462. The van der Waals surface area contributed by atoms with Crippen molar-refractivity contribution in [2.75, 3.05) is 145 Å². The number of nitrogen functional groups attached to an aromatic ring is 1. The first kappa shape index (κ1) is 64.6. The third kappa shape index (κ3) is 18.6. The molecule has 4 N–H and O–H groups in total. The number of nitro groups is 2. The molecule has 1 aromatic heterocycles. The van der Waals surface area contributed by atoms with Crippen molar-refractivity contribution in [1.29, 1.82) is 0 Å². The normalized spacial score (nSPS) is 14.7. The molecule has 8 aromatic carbocycles. The molecule has 468 valence electrons. The lowest BCUT2D eigenvalue weighted by atomic mass is 10.2. The third-order valence-electron chi connectivity index (χ3n) is 16.3. The minimum absolute atomic E-state index is 0.0596. The number of hydrogen-bond acceptors (Lipinski definition) is 15. The Balaban J connectivity index is 0.000000138. The zero-order valence-electron chi connectivity index (χ0n) is 51.8. The number of nitrogens with zero attached hydrogens (tertiary/aromatic N) is 11. The summed E-state index contributed by atoms with van der Waals surface area (Å²) in [5, 5.41) is 30.8. The molecule has 9 aromatic rings. The van der Waals surface area contributed by atoms with E-state index in [-0.39, 0.29) is 22.0 Å². The molecule has 5 heterocycles. The number of aryl methyl sites for hydroxylation is 4. The first-order valence-corrected chi connectivity index (χ1v) is 30.9. The van der Waals surface area contributed by atoms with Crippen molar-refractivity contribution in [2.45, 2.75) is 27.7 Å². The van der Waals surface area contributed by atoms with Crippen LogP contribution in [0.4, 0.5) is 56.9 Å². The van der Waals surface area contributed by atoms with Crippen LogP contribution in [0.2, 0.25) is 5.02 Å². The second kappa shape index (κ2) is 31.9. The van der Waals surface area contributed by atoms with E-state index in [0.29, 0.717) is 5.02 Å². The lowest BCUT2D eigenvalue weighted by Gasteiger charge is -2.37. The Morgan fingerprint density at radius 2 is 0.622 bits per heavy atom. The number of anilines is 8. The lowest BCUT2D eigenvalue weighted by molar-refractivity contribution is -0.385. The first-order chi connectivity index (χ1) is 43.6. The van der Waals surface area contributed by atoms with Gasteiger partial charge in [0, 0.05) is 180 Å². The molecule has 0 saturated carbocycles. The summed E-state index contributed by atoms with van der Waals surface area (Å²) in [6.45, 7) is 24.9. The number of nitrogens with two attached hydrogens (primary N) is 1. The molecule has 0 atom stereocenters. The van der Waals surface area contributed by atoms with Gasteiger partial charge in [-0.05, 0) is 149 Å². The number of nitrogens with one attached hydrogen (secondary N) is 2. The summed E-state index contributed by atoms with van der Waals surface area (Å²) in [6, 6.07) is 63.6. The number of aromatic amines is 1. The fourth-order valence-electron chi connectivity index (χ4n) is 10.9. The van der Waals surface area contributed by atoms with Gasteiger partial charge in [0.1, 0.15) is 6.33 Å². The predicted octanol–water partition coefficient (Wildman–Crippen LogP) is 12.0. The second-order valence-corrected chi connectivity index (χ2v) is 23.1. The van der Waals surface area contributed by atoms with Crippen LogP contribution >= 0.6 is 11.6 Å². The highest BCUT2D eigenvalue weighted by molar-refractivity contribution is 6.30. The first-order valence-electron chi connectivity index (χ1n) is 30.6. The molecular weight excluding hydrogens is 1150 g/mol. The summed E-state index contributed by atoms with van der Waals surface area (Å²) in [6.07, 6.45) is 1.50. The highest BCUT2D eigenvalue weighted by atomic mass is 35.5. The van der Waals surface area contributed by atoms with Crippen LogP contribution in [0.3, 0.4) is 0 Å². The number of benzene rings is 8. The summed E-state index contributed by atoms with van der Waals surface area (Å²) in [4.78, 5) is 48.3. The maximum Gasteiger partial charge on any atom is 0.347 e. The average molecular weight is 1230 g/mol. The lowest BCUT2D eigenvalue weighted by Crippen LogP contribution is -2.46. The van der Waals surface area contributed by atoms with Gasteiger partial charge in [0.25, 0.3) is 11.4 Å². The number of aromatic nitrogens is 3. The maximum atomic E-state index is 11.6. The van der Waals surface area contributed by atoms with Gasteiger partial charge in [-0.1, -0.05) is 82.4 Å². The average Bonchev–Trinajstić information content (AvgIpc) is 2.48. The summed E-state index contributed by atoms with van der Waals surface area (Å²) in [7, 11) is 0. The van der Waals surface area contributed by atoms with Crippen molar-refractivity contribution < 1.29 is 9.85 Å². The molecule has 13 rings (SSSR count). The molecule has 20 heteroatoms. The van der Waals surface area contributed by atoms with E-state index in [1.54, 1.807) is 12.1 Å². The smallest absolute Gasteiger partial charge is 0.347 e. The van der Waals surface area contributed by atoms with E-state index >= 15 is 0 Å². The van der Waals surface area contributed by atoms with E-state index in [2.05, 4.69) is 199 Å². The monoisotopic (exact) mass is 1230 g/mol. The highest BCUT2D eigenvalue weighted by Gasteiger charge is 2.21. The Labute approximate surface area is 532 Å². The molecule has 0 bridgehead atoms. The summed E-state index contributed by atoms with van der Waals surface area (Å²) < 4.78 is 1.50. The molecule has 0 amide bonds. The summed E-state index contributed by atoms with van der Waals surface area (Å²) in [5.74, 6) is 0. The van der Waals surface area contributed by atoms with Crippen LogP contribution in [0.5, 0.6) is 0 Å². The number of halogens is 1. The molecule has 90 heavy (non-hydrogen) atoms. The number of piperazine rings is 4. The van der Waals surface area contributed by atoms with Crippen LogP contribution in [0.15, 0.2) is 205 Å². The molecule has 0 unspecified atom stereocenters. The van der Waals surface area contributed by atoms with Gasteiger partial charge < -0.3 is 45.3 Å². The third-order valence-corrected chi connectivity index (χ3v) is 16.6. The largest absolute Gasteiger partial charge is 0.399 e. The van der Waals surface area contributed by atoms with Crippen LogP contribution in [-0.2, 0) is 0 Å². The van der Waals surface area contributed by atoms with Crippen LogP contribution in [0.25, 0.3) is 5.69 Å². The van der Waals surface area contributed by atoms with Gasteiger partial charge in [-0.2, -0.15) is 5.10 Å². The molecule has 4 aliphatic heterocycles. The van der Waals surface area contributed by atoms with Gasteiger partial charge in [-0.15, -0.1) is 0 Å². The highest BCUT2D eigenvalue weighted by Crippen LogP contribution is 2.26. The standard InChI is InChI=1S/C19H21N5O.C17H19N3O2.C17H21N3.C11H16N2.C6H4ClNO2/c1-15-2-4-16(5-3-15)22-10-12-23(13-11-22)17-6-8-18(9-7-17)24-14-20-21-19(24)25;1-14-2-4-15(5-3-14)18-10-12-19(13-11-18)16-6-8-17(9-7-16)20(21)22;1-14-2-6-16(7-3-14)19-10-12-20(13-11-19)17-8-4-15(18)5-9-17;1-10-2-4-11(5-3-10)13-8-6-12-7-9-13;7-5-1-3-6(4-2-5)8(9)10/h2-9,14H,10-13H2,1H3,(H,21,25);2-9H,10-13H2,1H3;2-9H,10-13,18H2,1H3;2-5,12H,6-9H2,1H3;1-4H. The van der Waals surface area contributed by atoms with Crippen LogP contribution in [-0.4, -0.2) is 129 Å². The van der Waals surface area contributed by atoms with Crippen molar-refractivity contribution in [3.8, 4) is 5.69 Å². The van der Waals surface area contributed by atoms with Crippen molar-refractivity contribution in [3.63, 3.8) is 0 Å². The fourth-order valence-corrected chi connectivity index (χ4v) is 11.0. The Bertz CT molecular complexity index is 3640. The van der Waals surface area contributed by atoms with E-state index in [0.717, 1.165) is 122 Å². The van der Waals surface area contributed by atoms with Gasteiger partial charge in [-0.25, -0.2) is 14.5 Å². The van der Waals surface area contributed by atoms with Crippen molar-refractivity contribution in [3.05, 3.63) is 258 Å². The van der Waals surface area contributed by atoms with Crippen molar-refractivity contribution in [2.24, 2.45) is 0 Å². The van der Waals surface area contributed by atoms with Crippen molar-refractivity contribution >= 4 is 68.5 Å². The Morgan fingerprint density at radius 1 is 0.378 bits per heavy atom. The Kier molecular flexibility index (Phi) is 22.9. The maximum absolute atomic E-state index is 11.6. The van der Waals surface area contributed by atoms with E-state index in [4.69, 9.17) is 17.3 Å². The quantitative estimate of drug-likeness (QED) is 0.0663. The SMILES string of the molecule is Cc1ccc(N2CCN(c3ccc(-n4cn[nH]c4=O)cc3)CC2)cc1.Cc1ccc(N2CCN(c3ccc(N)cc3)CC2)cc1.Cc1ccc(N2CCN(c3ccc([N+](=O)[O-])cc3)CC2)cc1.Cc1ccc(N2CCNCC2)cc1.O=[N+]([O-])c1ccc(Cl)cc1. The molecular formula is C70H81ClN14O5. The zero-order valence-corrected chi connectivity index (χ0v) is 52.5. The van der Waals surface area contributed by atoms with Gasteiger partial charge in [0.05, 0.1) is 15.5 Å². The van der Waals surface area contributed by atoms with Gasteiger partial charge in [0.15, 0.2) is 0 Å². The van der Waals surface area contributed by atoms with Gasteiger partial charge in [-0.3, -0.25) is 20.2 Å². The minimum Gasteiger partial charge on any atom is -0.399 e. The fraction of sp³-hybridized carbons (Fsp3) is 0.286. The summed E-state index contributed by atoms with van der Waals surface area (Å²) in [5.41, 5.74) is 21.3. The molecule has 0 spiro atoms. The molecule has 4 fully saturated rings. The number of non-ortho nitro benzene ring substituents is 2.